The van der Waals surface area contributed by atoms with Crippen LogP contribution in [0.15, 0.2) is 18.2 Å². The summed E-state index contributed by atoms with van der Waals surface area (Å²) in [5.74, 6) is 0. The standard InChI is InChI=1S/C10H11ClF3N/c1-2-15-6-7-3-4-8(5-9(7)11)10(12,13)14/h3-5,15H,2,6H2,1H3. The van der Waals surface area contributed by atoms with Crippen molar-refractivity contribution in [1.82, 2.24) is 5.32 Å². The molecule has 0 aromatic heterocycles. The van der Waals surface area contributed by atoms with Crippen LogP contribution < -0.4 is 5.32 Å². The van der Waals surface area contributed by atoms with Crippen molar-refractivity contribution in [3.8, 4) is 0 Å². The van der Waals surface area contributed by atoms with Gasteiger partial charge in [0, 0.05) is 11.6 Å². The van der Waals surface area contributed by atoms with Crippen molar-refractivity contribution in [2.45, 2.75) is 19.6 Å². The lowest BCUT2D eigenvalue weighted by Crippen LogP contribution is -2.12. The van der Waals surface area contributed by atoms with Gasteiger partial charge in [0.25, 0.3) is 0 Å². The SMILES string of the molecule is CCNCc1ccc(C(F)(F)F)cc1Cl. The number of hydrogen-bond acceptors (Lipinski definition) is 1. The van der Waals surface area contributed by atoms with Crippen LogP contribution in [-0.2, 0) is 12.7 Å². The van der Waals surface area contributed by atoms with Crippen molar-refractivity contribution in [1.29, 1.82) is 0 Å². The van der Waals surface area contributed by atoms with E-state index in [1.807, 2.05) is 6.92 Å². The van der Waals surface area contributed by atoms with Gasteiger partial charge in [0.05, 0.1) is 5.56 Å². The highest BCUT2D eigenvalue weighted by Gasteiger charge is 2.30. The molecular formula is C10H11ClF3N. The van der Waals surface area contributed by atoms with Gasteiger partial charge in [0.2, 0.25) is 0 Å². The summed E-state index contributed by atoms with van der Waals surface area (Å²) in [6, 6.07) is 3.39. The monoisotopic (exact) mass is 237 g/mol. The number of benzene rings is 1. The minimum atomic E-state index is -4.33. The lowest BCUT2D eigenvalue weighted by atomic mass is 10.1. The summed E-state index contributed by atoms with van der Waals surface area (Å²) in [7, 11) is 0. The number of hydrogen-bond donors (Lipinski definition) is 1. The zero-order chi connectivity index (χ0) is 11.5. The van der Waals surface area contributed by atoms with E-state index in [2.05, 4.69) is 5.32 Å². The molecule has 0 aliphatic heterocycles. The fourth-order valence-electron chi connectivity index (χ4n) is 1.13. The Morgan fingerprint density at radius 3 is 2.47 bits per heavy atom. The van der Waals surface area contributed by atoms with E-state index >= 15 is 0 Å². The molecule has 1 rings (SSSR count). The topological polar surface area (TPSA) is 12.0 Å². The van der Waals surface area contributed by atoms with E-state index in [9.17, 15) is 13.2 Å². The molecule has 15 heavy (non-hydrogen) atoms. The van der Waals surface area contributed by atoms with Crippen LogP contribution in [0.2, 0.25) is 5.02 Å². The van der Waals surface area contributed by atoms with Gasteiger partial charge in [-0.25, -0.2) is 0 Å². The number of nitrogens with one attached hydrogen (secondary N) is 1. The molecule has 1 N–H and O–H groups in total. The number of rotatable bonds is 3. The van der Waals surface area contributed by atoms with Crippen molar-refractivity contribution in [3.05, 3.63) is 34.3 Å². The van der Waals surface area contributed by atoms with E-state index in [-0.39, 0.29) is 5.02 Å². The molecule has 0 heterocycles. The first-order valence-electron chi connectivity index (χ1n) is 4.51. The van der Waals surface area contributed by atoms with Crippen LogP contribution >= 0.6 is 11.6 Å². The third kappa shape index (κ3) is 3.39. The Bertz CT molecular complexity index is 336. The fourth-order valence-corrected chi connectivity index (χ4v) is 1.37. The summed E-state index contributed by atoms with van der Waals surface area (Å²) in [5, 5.41) is 3.14. The smallest absolute Gasteiger partial charge is 0.313 e. The van der Waals surface area contributed by atoms with E-state index in [4.69, 9.17) is 11.6 Å². The number of halogens is 4. The Morgan fingerprint density at radius 1 is 1.33 bits per heavy atom. The maximum atomic E-state index is 12.3. The molecule has 1 nitrogen and oxygen atoms in total. The summed E-state index contributed by atoms with van der Waals surface area (Å²) >= 11 is 5.73. The molecule has 1 aromatic carbocycles. The highest BCUT2D eigenvalue weighted by atomic mass is 35.5. The molecule has 0 bridgehead atoms. The van der Waals surface area contributed by atoms with Gasteiger partial charge in [-0.15, -0.1) is 0 Å². The Kier molecular flexibility index (Phi) is 3.99. The zero-order valence-corrected chi connectivity index (χ0v) is 8.91. The second-order valence-electron chi connectivity index (χ2n) is 3.08. The normalized spacial score (nSPS) is 11.8. The van der Waals surface area contributed by atoms with Gasteiger partial charge in [-0.1, -0.05) is 24.6 Å². The Hall–Kier alpha value is -0.740. The molecule has 0 fully saturated rings. The molecule has 0 spiro atoms. The molecule has 0 unspecified atom stereocenters. The molecule has 0 radical (unpaired) electrons. The minimum absolute atomic E-state index is 0.144. The van der Waals surface area contributed by atoms with E-state index < -0.39 is 11.7 Å². The Balaban J connectivity index is 2.88. The number of alkyl halides is 3. The third-order valence-corrected chi connectivity index (χ3v) is 2.30. The predicted molar refractivity (Wildman–Crippen MR) is 53.8 cm³/mol. The van der Waals surface area contributed by atoms with Crippen LogP contribution in [0.1, 0.15) is 18.1 Å². The van der Waals surface area contributed by atoms with Crippen molar-refractivity contribution in [2.75, 3.05) is 6.54 Å². The van der Waals surface area contributed by atoms with Crippen molar-refractivity contribution in [3.63, 3.8) is 0 Å². The van der Waals surface area contributed by atoms with Crippen LogP contribution in [0.4, 0.5) is 13.2 Å². The van der Waals surface area contributed by atoms with Gasteiger partial charge in [0.15, 0.2) is 0 Å². The van der Waals surface area contributed by atoms with Gasteiger partial charge < -0.3 is 5.32 Å². The lowest BCUT2D eigenvalue weighted by Gasteiger charge is -2.10. The Labute approximate surface area is 91.2 Å². The maximum absolute atomic E-state index is 12.3. The quantitative estimate of drug-likeness (QED) is 0.849. The lowest BCUT2D eigenvalue weighted by molar-refractivity contribution is -0.137. The van der Waals surface area contributed by atoms with Crippen molar-refractivity contribution < 1.29 is 13.2 Å². The van der Waals surface area contributed by atoms with Gasteiger partial charge in [-0.2, -0.15) is 13.2 Å². The van der Waals surface area contributed by atoms with E-state index in [1.54, 1.807) is 0 Å². The first-order chi connectivity index (χ1) is 6.95. The fraction of sp³-hybridized carbons (Fsp3) is 0.400. The predicted octanol–water partition coefficient (Wildman–Crippen LogP) is 3.47. The zero-order valence-electron chi connectivity index (χ0n) is 8.16. The molecule has 0 aliphatic rings. The van der Waals surface area contributed by atoms with Crippen LogP contribution in [0, 0.1) is 0 Å². The highest BCUT2D eigenvalue weighted by molar-refractivity contribution is 6.31. The van der Waals surface area contributed by atoms with Crippen LogP contribution in [0.5, 0.6) is 0 Å². The maximum Gasteiger partial charge on any atom is 0.416 e. The summed E-state index contributed by atoms with van der Waals surface area (Å²) in [6.07, 6.45) is -4.33. The molecule has 1 aromatic rings. The summed E-state index contributed by atoms with van der Waals surface area (Å²) in [5.41, 5.74) is -0.0423. The second-order valence-corrected chi connectivity index (χ2v) is 3.49. The summed E-state index contributed by atoms with van der Waals surface area (Å²) in [4.78, 5) is 0. The van der Waals surface area contributed by atoms with Gasteiger partial charge in [-0.05, 0) is 24.2 Å². The molecule has 0 aliphatic carbocycles. The van der Waals surface area contributed by atoms with Gasteiger partial charge in [-0.3, -0.25) is 0 Å². The molecule has 0 amide bonds. The van der Waals surface area contributed by atoms with Gasteiger partial charge >= 0.3 is 6.18 Å². The molecule has 0 atom stereocenters. The van der Waals surface area contributed by atoms with Gasteiger partial charge in [0.1, 0.15) is 0 Å². The first kappa shape index (κ1) is 12.3. The van der Waals surface area contributed by atoms with Crippen molar-refractivity contribution >= 4 is 11.6 Å². The molecule has 84 valence electrons. The average molecular weight is 238 g/mol. The van der Waals surface area contributed by atoms with E-state index in [1.165, 1.54) is 6.07 Å². The highest BCUT2D eigenvalue weighted by Crippen LogP contribution is 2.31. The van der Waals surface area contributed by atoms with Crippen LogP contribution in [-0.4, -0.2) is 6.54 Å². The average Bonchev–Trinajstić information content (AvgIpc) is 2.14. The molecule has 0 saturated carbocycles. The summed E-state index contributed by atoms with van der Waals surface area (Å²) in [6.45, 7) is 3.14. The largest absolute Gasteiger partial charge is 0.416 e. The van der Waals surface area contributed by atoms with Crippen LogP contribution in [0.25, 0.3) is 0 Å². The minimum Gasteiger partial charge on any atom is -0.313 e. The second kappa shape index (κ2) is 4.86. The van der Waals surface area contributed by atoms with Crippen LogP contribution in [0.3, 0.4) is 0 Å². The van der Waals surface area contributed by atoms with E-state index in [0.29, 0.717) is 12.1 Å². The summed E-state index contributed by atoms with van der Waals surface area (Å²) < 4.78 is 36.8. The van der Waals surface area contributed by atoms with Crippen molar-refractivity contribution in [2.24, 2.45) is 0 Å². The first-order valence-corrected chi connectivity index (χ1v) is 4.89. The molecular weight excluding hydrogens is 227 g/mol. The third-order valence-electron chi connectivity index (χ3n) is 1.95. The Morgan fingerprint density at radius 2 is 2.00 bits per heavy atom. The van der Waals surface area contributed by atoms with E-state index in [0.717, 1.165) is 18.7 Å². The molecule has 0 saturated heterocycles. The molecule has 5 heteroatoms.